The predicted molar refractivity (Wildman–Crippen MR) is 169 cm³/mol. The fraction of sp³-hybridized carbons (Fsp3) is 0.576. The molecule has 2 aromatic rings. The molecular weight excluding hydrogens is 548 g/mol. The summed E-state index contributed by atoms with van der Waals surface area (Å²) in [6, 6.07) is 16.8. The largest absolute Gasteiger partial charge is 0.442 e. The van der Waals surface area contributed by atoms with Gasteiger partial charge in [-0.05, 0) is 54.7 Å². The van der Waals surface area contributed by atoms with Gasteiger partial charge in [-0.25, -0.2) is 4.79 Å². The molecular formula is C33H52N4O6. The van der Waals surface area contributed by atoms with Crippen molar-refractivity contribution in [2.75, 3.05) is 5.32 Å². The van der Waals surface area contributed by atoms with Gasteiger partial charge in [-0.1, -0.05) is 90.1 Å². The molecule has 240 valence electrons. The van der Waals surface area contributed by atoms with E-state index < -0.39 is 48.7 Å². The lowest BCUT2D eigenvalue weighted by Gasteiger charge is -2.33. The summed E-state index contributed by atoms with van der Waals surface area (Å²) in [5, 5.41) is 44.4. The van der Waals surface area contributed by atoms with Crippen LogP contribution in [0.3, 0.4) is 0 Å². The second-order valence-electron chi connectivity index (χ2n) is 12.4. The molecule has 10 nitrogen and oxygen atoms in total. The topological polar surface area (TPSA) is 152 Å². The van der Waals surface area contributed by atoms with E-state index >= 15 is 0 Å². The Morgan fingerprint density at radius 3 is 1.86 bits per heavy atom. The van der Waals surface area contributed by atoms with Crippen LogP contribution in [0.25, 0.3) is 0 Å². The first-order valence-electron chi connectivity index (χ1n) is 15.3. The van der Waals surface area contributed by atoms with Crippen molar-refractivity contribution in [2.24, 2.45) is 17.8 Å². The lowest BCUT2D eigenvalue weighted by atomic mass is 9.96. The average molecular weight is 601 g/mol. The van der Waals surface area contributed by atoms with Gasteiger partial charge >= 0.3 is 6.09 Å². The van der Waals surface area contributed by atoms with Gasteiger partial charge in [0, 0.05) is 12.2 Å². The molecule has 2 amide bonds. The molecule has 0 spiro atoms. The van der Waals surface area contributed by atoms with Crippen molar-refractivity contribution in [3.63, 3.8) is 0 Å². The number of carbonyl (C=O) groups excluding carboxylic acids is 2. The van der Waals surface area contributed by atoms with Crippen molar-refractivity contribution < 1.29 is 29.6 Å². The SMILES string of the molecule is CC(C)C[C@H](N[C@@H](O)[C@H](CC(C)C)OC(=O)NCc1ccccc1)C(=O)N[C@@H](CC(C)C)[C@H](O)[C@H](O)Nc1ccccc1. The number of ether oxygens (including phenoxy) is 1. The normalized spacial score (nSPS) is 15.8. The summed E-state index contributed by atoms with van der Waals surface area (Å²) in [7, 11) is 0. The summed E-state index contributed by atoms with van der Waals surface area (Å²) in [6.45, 7) is 12.0. The highest BCUT2D eigenvalue weighted by molar-refractivity contribution is 5.82. The minimum Gasteiger partial charge on any atom is -0.442 e. The molecule has 0 heterocycles. The van der Waals surface area contributed by atoms with Gasteiger partial charge in [-0.15, -0.1) is 0 Å². The highest BCUT2D eigenvalue weighted by atomic mass is 16.6. The van der Waals surface area contributed by atoms with Crippen molar-refractivity contribution in [3.8, 4) is 0 Å². The maximum absolute atomic E-state index is 13.6. The molecule has 7 N–H and O–H groups in total. The maximum Gasteiger partial charge on any atom is 0.407 e. The fourth-order valence-corrected chi connectivity index (χ4v) is 4.78. The van der Waals surface area contributed by atoms with Crippen molar-refractivity contribution >= 4 is 17.7 Å². The Hall–Kier alpha value is -3.18. The standard InChI is InChI=1S/C33H52N4O6/c1-21(2)17-26(29(38)32(41)35-25-15-11-8-12-16-25)36-30(39)27(18-22(3)4)37-31(40)28(19-23(5)6)43-33(42)34-20-24-13-9-7-10-14-24/h7-16,21-23,26-29,31-32,35,37-38,40-41H,17-20H2,1-6H3,(H,34,42)(H,36,39)/t26-,27-,28-,29-,31-,32-/m0/s1. The number of hydrogen-bond donors (Lipinski definition) is 7. The summed E-state index contributed by atoms with van der Waals surface area (Å²) in [6.07, 6.45) is -4.36. The molecule has 0 unspecified atom stereocenters. The summed E-state index contributed by atoms with van der Waals surface area (Å²) in [5.74, 6) is -0.122. The third-order valence-electron chi connectivity index (χ3n) is 6.87. The molecule has 0 saturated carbocycles. The number of rotatable bonds is 18. The molecule has 0 radical (unpaired) electrons. The van der Waals surface area contributed by atoms with E-state index in [1.165, 1.54) is 0 Å². The quantitative estimate of drug-likeness (QED) is 0.127. The van der Waals surface area contributed by atoms with Crippen molar-refractivity contribution in [1.82, 2.24) is 16.0 Å². The highest BCUT2D eigenvalue weighted by Gasteiger charge is 2.33. The molecule has 0 saturated heterocycles. The third-order valence-corrected chi connectivity index (χ3v) is 6.87. The van der Waals surface area contributed by atoms with E-state index in [1.807, 2.05) is 90.1 Å². The molecule has 0 aliphatic carbocycles. The Labute approximate surface area is 256 Å². The highest BCUT2D eigenvalue weighted by Crippen LogP contribution is 2.17. The maximum atomic E-state index is 13.6. The van der Waals surface area contributed by atoms with Gasteiger partial charge < -0.3 is 36.0 Å². The van der Waals surface area contributed by atoms with Crippen molar-refractivity contribution in [2.45, 2.75) is 104 Å². The van der Waals surface area contributed by atoms with Crippen LogP contribution < -0.4 is 21.3 Å². The van der Waals surface area contributed by atoms with Crippen LogP contribution in [0.15, 0.2) is 60.7 Å². The molecule has 6 atom stereocenters. The number of carbonyl (C=O) groups is 2. The zero-order valence-electron chi connectivity index (χ0n) is 26.4. The first-order valence-corrected chi connectivity index (χ1v) is 15.3. The first kappa shape index (κ1) is 36.0. The van der Waals surface area contributed by atoms with Gasteiger partial charge in [0.15, 0.2) is 6.23 Å². The number of amides is 2. The van der Waals surface area contributed by atoms with Crippen LogP contribution >= 0.6 is 0 Å². The number of para-hydroxylation sites is 1. The molecule has 2 rings (SSSR count). The molecule has 0 fully saturated rings. The smallest absolute Gasteiger partial charge is 0.407 e. The van der Waals surface area contributed by atoms with Crippen LogP contribution in [0.4, 0.5) is 10.5 Å². The van der Waals surface area contributed by atoms with Crippen LogP contribution in [-0.2, 0) is 16.1 Å². The number of hydrogen-bond acceptors (Lipinski definition) is 8. The van der Waals surface area contributed by atoms with E-state index in [2.05, 4.69) is 21.3 Å². The van der Waals surface area contributed by atoms with Crippen molar-refractivity contribution in [3.05, 3.63) is 66.2 Å². The Bertz CT molecular complexity index is 1070. The van der Waals surface area contributed by atoms with Gasteiger partial charge in [0.1, 0.15) is 18.4 Å². The number of alkyl carbamates (subject to hydrolysis) is 1. The lowest BCUT2D eigenvalue weighted by Crippen LogP contribution is -2.58. The summed E-state index contributed by atoms with van der Waals surface area (Å²) in [4.78, 5) is 26.2. The number of benzene rings is 2. The van der Waals surface area contributed by atoms with Crippen LogP contribution in [0.5, 0.6) is 0 Å². The van der Waals surface area contributed by atoms with E-state index in [-0.39, 0.29) is 24.3 Å². The van der Waals surface area contributed by atoms with Crippen molar-refractivity contribution in [1.29, 1.82) is 0 Å². The molecule has 2 aromatic carbocycles. The Balaban J connectivity index is 2.12. The first-order chi connectivity index (χ1) is 20.3. The van der Waals surface area contributed by atoms with Crippen LogP contribution in [-0.4, -0.2) is 64.1 Å². The van der Waals surface area contributed by atoms with Crippen LogP contribution in [0.2, 0.25) is 0 Å². The molecule has 10 heteroatoms. The average Bonchev–Trinajstić information content (AvgIpc) is 2.95. The minimum absolute atomic E-state index is 0.0906. The Kier molecular flexibility index (Phi) is 15.5. The number of aliphatic hydroxyl groups excluding tert-OH is 3. The van der Waals surface area contributed by atoms with Crippen LogP contribution in [0.1, 0.15) is 66.4 Å². The number of nitrogens with one attached hydrogen (secondary N) is 4. The number of aliphatic hydroxyl groups is 3. The van der Waals surface area contributed by atoms with Crippen LogP contribution in [0, 0.1) is 17.8 Å². The predicted octanol–water partition coefficient (Wildman–Crippen LogP) is 3.97. The van der Waals surface area contributed by atoms with Gasteiger partial charge in [0.25, 0.3) is 0 Å². The second kappa shape index (κ2) is 18.5. The molecule has 0 aliphatic heterocycles. The van der Waals surface area contributed by atoms with Gasteiger partial charge in [0.05, 0.1) is 12.1 Å². The summed E-state index contributed by atoms with van der Waals surface area (Å²) >= 11 is 0. The zero-order valence-corrected chi connectivity index (χ0v) is 26.4. The molecule has 43 heavy (non-hydrogen) atoms. The van der Waals surface area contributed by atoms with E-state index in [0.717, 1.165) is 5.56 Å². The second-order valence-corrected chi connectivity index (χ2v) is 12.4. The molecule has 0 aliphatic rings. The zero-order chi connectivity index (χ0) is 31.9. The third kappa shape index (κ3) is 13.8. The van der Waals surface area contributed by atoms with E-state index in [1.54, 1.807) is 12.1 Å². The van der Waals surface area contributed by atoms with E-state index in [4.69, 9.17) is 4.74 Å². The fourth-order valence-electron chi connectivity index (χ4n) is 4.78. The molecule has 0 bridgehead atoms. The van der Waals surface area contributed by atoms with Gasteiger partial charge in [-0.3, -0.25) is 10.1 Å². The van der Waals surface area contributed by atoms with E-state index in [0.29, 0.717) is 24.9 Å². The number of anilines is 1. The molecule has 0 aromatic heterocycles. The monoisotopic (exact) mass is 600 g/mol. The van der Waals surface area contributed by atoms with Gasteiger partial charge in [-0.2, -0.15) is 0 Å². The van der Waals surface area contributed by atoms with E-state index in [9.17, 15) is 24.9 Å². The Morgan fingerprint density at radius 2 is 1.30 bits per heavy atom. The van der Waals surface area contributed by atoms with Gasteiger partial charge in [0.2, 0.25) is 5.91 Å². The summed E-state index contributed by atoms with van der Waals surface area (Å²) < 4.78 is 5.61. The Morgan fingerprint density at radius 1 is 0.744 bits per heavy atom. The minimum atomic E-state index is -1.33. The lowest BCUT2D eigenvalue weighted by molar-refractivity contribution is -0.128. The summed E-state index contributed by atoms with van der Waals surface area (Å²) in [5.41, 5.74) is 1.55.